The van der Waals surface area contributed by atoms with Gasteiger partial charge < -0.3 is 16.0 Å². The number of carbonyl (C=O) groups excluding carboxylic acids is 3. The van der Waals surface area contributed by atoms with Crippen molar-refractivity contribution in [1.29, 1.82) is 0 Å². The molecule has 0 heterocycles. The van der Waals surface area contributed by atoms with E-state index in [1.807, 2.05) is 32.0 Å². The normalized spacial score (nSPS) is 14.1. The van der Waals surface area contributed by atoms with Gasteiger partial charge in [0.05, 0.1) is 12.2 Å². The van der Waals surface area contributed by atoms with Gasteiger partial charge in [0.2, 0.25) is 5.91 Å². The topological polar surface area (TPSA) is 87.3 Å². The van der Waals surface area contributed by atoms with Crippen LogP contribution in [0.2, 0.25) is 0 Å². The van der Waals surface area contributed by atoms with E-state index in [-0.39, 0.29) is 39.6 Å². The highest BCUT2D eigenvalue weighted by Gasteiger charge is 2.28. The van der Waals surface area contributed by atoms with Gasteiger partial charge in [0, 0.05) is 10.8 Å². The number of hydrogen-bond acceptors (Lipinski definition) is 5. The van der Waals surface area contributed by atoms with Crippen molar-refractivity contribution in [1.82, 2.24) is 16.0 Å². The zero-order valence-corrected chi connectivity index (χ0v) is 25.7. The van der Waals surface area contributed by atoms with Gasteiger partial charge in [-0.15, -0.1) is 0 Å². The Hall–Kier alpha value is -2.28. The zero-order valence-electron chi connectivity index (χ0n) is 24.9. The molecule has 1 aromatic rings. The molecule has 1 unspecified atom stereocenters. The molecule has 2 rings (SSSR count). The molecule has 38 heavy (non-hydrogen) atoms. The van der Waals surface area contributed by atoms with Gasteiger partial charge in [-0.05, 0) is 50.4 Å². The number of ketones is 1. The molecule has 6 nitrogen and oxygen atoms in total. The predicted molar refractivity (Wildman–Crippen MR) is 161 cm³/mol. The third kappa shape index (κ3) is 16.5. The van der Waals surface area contributed by atoms with E-state index >= 15 is 0 Å². The maximum absolute atomic E-state index is 12.7. The van der Waals surface area contributed by atoms with Crippen LogP contribution in [0.15, 0.2) is 42.6 Å². The van der Waals surface area contributed by atoms with Crippen LogP contribution in [0.25, 0.3) is 0 Å². The molecule has 2 amide bonds. The van der Waals surface area contributed by atoms with Crippen molar-refractivity contribution in [3.63, 3.8) is 0 Å². The molecule has 0 aliphatic heterocycles. The van der Waals surface area contributed by atoms with Crippen LogP contribution in [-0.4, -0.2) is 40.3 Å². The number of amides is 2. The molecule has 7 heteroatoms. The molecule has 1 saturated carbocycles. The van der Waals surface area contributed by atoms with Gasteiger partial charge in [-0.3, -0.25) is 14.4 Å². The smallest absolute Gasteiger partial charge is 0.280 e. The summed E-state index contributed by atoms with van der Waals surface area (Å²) in [7, 11) is 0. The Morgan fingerprint density at radius 3 is 2.11 bits per heavy atom. The highest BCUT2D eigenvalue weighted by atomic mass is 32.2. The van der Waals surface area contributed by atoms with Gasteiger partial charge >= 0.3 is 0 Å². The summed E-state index contributed by atoms with van der Waals surface area (Å²) in [6.45, 7) is 20.5. The summed E-state index contributed by atoms with van der Waals surface area (Å²) in [6.07, 6.45) is 5.68. The van der Waals surface area contributed by atoms with Crippen LogP contribution in [0.3, 0.4) is 0 Å². The second-order valence-corrected chi connectivity index (χ2v) is 14.3. The summed E-state index contributed by atoms with van der Waals surface area (Å²) >= 11 is 1.25. The number of hydrogen-bond donors (Lipinski definition) is 3. The minimum atomic E-state index is -0.664. The van der Waals surface area contributed by atoms with Crippen LogP contribution >= 0.6 is 11.8 Å². The summed E-state index contributed by atoms with van der Waals surface area (Å²) in [6, 6.07) is 9.93. The first-order valence-electron chi connectivity index (χ1n) is 13.9. The fourth-order valence-corrected chi connectivity index (χ4v) is 4.66. The van der Waals surface area contributed by atoms with E-state index in [1.165, 1.54) is 17.3 Å². The Labute approximate surface area is 235 Å². The molecule has 1 fully saturated rings. The van der Waals surface area contributed by atoms with Gasteiger partial charge in [0.1, 0.15) is 6.04 Å². The van der Waals surface area contributed by atoms with Crippen LogP contribution in [0.1, 0.15) is 92.6 Å². The highest BCUT2D eigenvalue weighted by Crippen LogP contribution is 2.33. The lowest BCUT2D eigenvalue weighted by atomic mass is 9.88. The van der Waals surface area contributed by atoms with Crippen molar-refractivity contribution in [2.75, 3.05) is 6.54 Å². The largest absolute Gasteiger partial charge is 0.380 e. The maximum Gasteiger partial charge on any atom is 0.280 e. The van der Waals surface area contributed by atoms with Crippen molar-refractivity contribution in [2.45, 2.75) is 111 Å². The number of aryl methyl sites for hydroxylation is 1. The van der Waals surface area contributed by atoms with Gasteiger partial charge in [-0.1, -0.05) is 109 Å². The van der Waals surface area contributed by atoms with Gasteiger partial charge in [-0.25, -0.2) is 0 Å². The summed E-state index contributed by atoms with van der Waals surface area (Å²) in [4.78, 5) is 37.5. The quantitative estimate of drug-likeness (QED) is 0.238. The number of benzene rings is 1. The van der Waals surface area contributed by atoms with E-state index in [0.717, 1.165) is 32.1 Å². The van der Waals surface area contributed by atoms with Crippen molar-refractivity contribution in [2.24, 2.45) is 11.3 Å². The van der Waals surface area contributed by atoms with E-state index in [0.29, 0.717) is 18.2 Å². The first-order valence-corrected chi connectivity index (χ1v) is 14.7. The third-order valence-electron chi connectivity index (χ3n) is 6.05. The van der Waals surface area contributed by atoms with Gasteiger partial charge in [0.15, 0.2) is 5.78 Å². The number of carbonyl (C=O) groups is 3. The summed E-state index contributed by atoms with van der Waals surface area (Å²) in [5, 5.41) is 8.39. The maximum atomic E-state index is 12.7. The molecular weight excluding hydrogens is 494 g/mol. The van der Waals surface area contributed by atoms with Gasteiger partial charge in [-0.2, -0.15) is 0 Å². The van der Waals surface area contributed by atoms with Crippen molar-refractivity contribution in [3.8, 4) is 0 Å². The second-order valence-electron chi connectivity index (χ2n) is 12.6. The Morgan fingerprint density at radius 2 is 1.63 bits per heavy atom. The monoisotopic (exact) mass is 545 g/mol. The van der Waals surface area contributed by atoms with Crippen LogP contribution in [0.4, 0.5) is 4.79 Å². The van der Waals surface area contributed by atoms with E-state index in [1.54, 1.807) is 0 Å². The summed E-state index contributed by atoms with van der Waals surface area (Å²) in [5.74, 6) is -0.340. The Morgan fingerprint density at radius 1 is 1.03 bits per heavy atom. The molecule has 1 aliphatic carbocycles. The molecule has 214 valence electrons. The zero-order chi connectivity index (χ0) is 28.9. The van der Waals surface area contributed by atoms with Crippen molar-refractivity contribution < 1.29 is 14.4 Å². The molecule has 0 bridgehead atoms. The third-order valence-corrected chi connectivity index (χ3v) is 7.11. The van der Waals surface area contributed by atoms with Crippen LogP contribution in [0.5, 0.6) is 0 Å². The molecule has 1 aromatic carbocycles. The highest BCUT2D eigenvalue weighted by molar-refractivity contribution is 8.14. The molecule has 0 radical (unpaired) electrons. The average Bonchev–Trinajstić information content (AvgIpc) is 3.59. The molecule has 0 aromatic heterocycles. The molecule has 1 aliphatic rings. The summed E-state index contributed by atoms with van der Waals surface area (Å²) in [5.41, 5.74) is 1.93. The van der Waals surface area contributed by atoms with Gasteiger partial charge in [0.25, 0.3) is 5.24 Å². The van der Waals surface area contributed by atoms with Crippen LogP contribution < -0.4 is 16.0 Å². The number of rotatable bonds is 13. The molecular formula is C31H51N3O3S. The first kappa shape index (κ1) is 33.7. The average molecular weight is 546 g/mol. The number of nitrogens with one attached hydrogen (secondary N) is 3. The summed E-state index contributed by atoms with van der Waals surface area (Å²) < 4.78 is -0.212. The van der Waals surface area contributed by atoms with E-state index in [9.17, 15) is 14.4 Å². The lowest BCUT2D eigenvalue weighted by Gasteiger charge is -2.27. The van der Waals surface area contributed by atoms with E-state index in [4.69, 9.17) is 0 Å². The Kier molecular flexibility index (Phi) is 14.2. The van der Waals surface area contributed by atoms with Crippen molar-refractivity contribution >= 4 is 28.7 Å². The first-order chi connectivity index (χ1) is 17.6. The minimum absolute atomic E-state index is 0.118. The molecule has 0 saturated heterocycles. The molecule has 0 spiro atoms. The lowest BCUT2D eigenvalue weighted by Crippen LogP contribution is -2.48. The molecule has 1 atom stereocenters. The molecule has 3 N–H and O–H groups in total. The van der Waals surface area contributed by atoms with E-state index < -0.39 is 6.04 Å². The van der Waals surface area contributed by atoms with Crippen molar-refractivity contribution in [3.05, 3.63) is 48.2 Å². The Balaban J connectivity index is 0.000000884. The fraction of sp³-hybridized carbons (Fsp3) is 0.645. The SMILES string of the molecule is C=C(NC1CC1)C(=O)CNC(=O)C(CC(C)C)NC(=O)SC(C)(C)CCCC(C)(C)C.Cc1ccccc1. The minimum Gasteiger partial charge on any atom is -0.380 e. The standard InChI is InChI=1S/C24H43N3O3S.C7H8/c1-16(2)14-19(21(29)25-15-20(28)17(3)26-18-10-11-18)27-22(30)31-24(7,8)13-9-12-23(4,5)6;1-7-5-3-2-4-6-7/h16,18-19,26H,3,9-15H2,1-2,4-8H3,(H,25,29)(H,27,30);2-6H,1H3. The van der Waals surface area contributed by atoms with Crippen LogP contribution in [0, 0.1) is 18.3 Å². The predicted octanol–water partition coefficient (Wildman–Crippen LogP) is 6.78. The number of Topliss-reactive ketones (excluding diaryl/α,β-unsaturated/α-hetero) is 1. The lowest BCUT2D eigenvalue weighted by molar-refractivity contribution is -0.125. The van der Waals surface area contributed by atoms with E-state index in [2.05, 4.69) is 76.2 Å². The Bertz CT molecular complexity index is 903. The number of thioether (sulfide) groups is 1. The van der Waals surface area contributed by atoms with Crippen LogP contribution in [-0.2, 0) is 9.59 Å². The second kappa shape index (κ2) is 16.0. The fourth-order valence-electron chi connectivity index (χ4n) is 3.71.